The van der Waals surface area contributed by atoms with Crippen molar-refractivity contribution >= 4 is 8.07 Å². The zero-order valence-electron chi connectivity index (χ0n) is 17.5. The predicted molar refractivity (Wildman–Crippen MR) is 122 cm³/mol. The van der Waals surface area contributed by atoms with Crippen molar-refractivity contribution < 1.29 is 0 Å². The highest BCUT2D eigenvalue weighted by Gasteiger charge is 2.43. The van der Waals surface area contributed by atoms with Crippen LogP contribution in [0.15, 0.2) is 60.7 Å². The number of rotatable bonds is 5. The first-order chi connectivity index (χ1) is 12.9. The highest BCUT2D eigenvalue weighted by molar-refractivity contribution is 6.90. The Morgan fingerprint density at radius 1 is 0.704 bits per heavy atom. The first-order valence-electron chi connectivity index (χ1n) is 10.2. The van der Waals surface area contributed by atoms with Gasteiger partial charge in [-0.3, -0.25) is 0 Å². The van der Waals surface area contributed by atoms with E-state index in [0.717, 1.165) is 0 Å². The summed E-state index contributed by atoms with van der Waals surface area (Å²) in [6.07, 6.45) is 0. The van der Waals surface area contributed by atoms with E-state index in [2.05, 4.69) is 114 Å². The monoisotopic (exact) mass is 371 g/mol. The summed E-state index contributed by atoms with van der Waals surface area (Å²) >= 11 is 0. The summed E-state index contributed by atoms with van der Waals surface area (Å²) in [7, 11) is -1.72. The minimum Gasteiger partial charge on any atom is -0.0859 e. The first kappa shape index (κ1) is 19.6. The molecule has 0 saturated heterocycles. The van der Waals surface area contributed by atoms with E-state index in [1.165, 1.54) is 27.8 Å². The molecule has 0 aromatic heterocycles. The van der Waals surface area contributed by atoms with Gasteiger partial charge in [0.15, 0.2) is 13.6 Å². The van der Waals surface area contributed by atoms with Gasteiger partial charge in [0.2, 0.25) is 0 Å². The Bertz CT molecular complexity index is 828. The molecule has 0 aliphatic carbocycles. The molecular weight excluding hydrogens is 340 g/mol. The van der Waals surface area contributed by atoms with Gasteiger partial charge in [-0.2, -0.15) is 0 Å². The van der Waals surface area contributed by atoms with Gasteiger partial charge in [-0.25, -0.2) is 0 Å². The molecule has 0 aliphatic rings. The maximum Gasteiger partial charge on any atom is 0.168 e. The summed E-state index contributed by atoms with van der Waals surface area (Å²) in [6, 6.07) is 21.4. The summed E-state index contributed by atoms with van der Waals surface area (Å²) in [5.41, 5.74) is 12.4. The lowest BCUT2D eigenvalue weighted by Gasteiger charge is -2.37. The highest BCUT2D eigenvalue weighted by Crippen LogP contribution is 2.48. The summed E-state index contributed by atoms with van der Waals surface area (Å²) in [4.78, 5) is 0. The molecule has 3 aromatic carbocycles. The average molecular weight is 372 g/mol. The van der Waals surface area contributed by atoms with Gasteiger partial charge in [-0.05, 0) is 53.0 Å². The van der Waals surface area contributed by atoms with Crippen molar-refractivity contribution in [3.05, 3.63) is 66.2 Å². The molecule has 0 unspecified atom stereocenters. The molecule has 3 aromatic rings. The van der Waals surface area contributed by atoms with Crippen molar-refractivity contribution in [3.8, 4) is 33.7 Å². The fourth-order valence-electron chi connectivity index (χ4n) is 4.70. The van der Waals surface area contributed by atoms with Crippen molar-refractivity contribution in [2.24, 2.45) is 0 Å². The minimum absolute atomic E-state index is 0.657. The van der Waals surface area contributed by atoms with Crippen LogP contribution in [0.5, 0.6) is 0 Å². The number of benzene rings is 2. The Balaban J connectivity index is 2.10. The lowest BCUT2D eigenvalue weighted by molar-refractivity contribution is 0.838. The van der Waals surface area contributed by atoms with Crippen molar-refractivity contribution in [2.75, 3.05) is 0 Å². The van der Waals surface area contributed by atoms with Crippen LogP contribution in [0.4, 0.5) is 0 Å². The van der Waals surface area contributed by atoms with Crippen molar-refractivity contribution in [1.82, 2.24) is 0 Å². The summed E-state index contributed by atoms with van der Waals surface area (Å²) in [6.45, 7) is 14.3. The maximum atomic E-state index is 3.90. The lowest BCUT2D eigenvalue weighted by atomic mass is 10.1. The molecule has 0 radical (unpaired) electrons. The summed E-state index contributed by atoms with van der Waals surface area (Å²) < 4.78 is 0. The predicted octanol–water partition coefficient (Wildman–Crippen LogP) is 7.75. The fraction of sp³-hybridized carbons (Fsp3) is 0.346. The zero-order valence-corrected chi connectivity index (χ0v) is 18.5. The standard InChI is InChI=1S/C26H31Si/c1-19(2)27(20(3)4,21(5)6)18-17-24-25(22-13-9-7-10-14-22)26(24)23-15-11-8-12-16-23/h7-16,19-21H,1-6H3/q+1. The zero-order chi connectivity index (χ0) is 19.6. The summed E-state index contributed by atoms with van der Waals surface area (Å²) in [5.74, 6) is 3.69. The Hall–Kier alpha value is -2.17. The second kappa shape index (κ2) is 7.83. The molecule has 0 atom stereocenters. The van der Waals surface area contributed by atoms with Crippen molar-refractivity contribution in [1.29, 1.82) is 0 Å². The third kappa shape index (κ3) is 3.64. The topological polar surface area (TPSA) is 0 Å². The normalized spacial score (nSPS) is 12.0. The van der Waals surface area contributed by atoms with Crippen LogP contribution in [0.2, 0.25) is 16.6 Å². The van der Waals surface area contributed by atoms with Crippen LogP contribution in [0.25, 0.3) is 22.3 Å². The van der Waals surface area contributed by atoms with Gasteiger partial charge in [0.1, 0.15) is 11.1 Å². The van der Waals surface area contributed by atoms with E-state index in [0.29, 0.717) is 16.6 Å². The van der Waals surface area contributed by atoms with Crippen LogP contribution in [0.3, 0.4) is 0 Å². The number of hydrogen-bond acceptors (Lipinski definition) is 0. The van der Waals surface area contributed by atoms with E-state index in [9.17, 15) is 0 Å². The Kier molecular flexibility index (Phi) is 5.68. The molecule has 0 aliphatic heterocycles. The van der Waals surface area contributed by atoms with Gasteiger partial charge in [0, 0.05) is 5.92 Å². The largest absolute Gasteiger partial charge is 0.168 e. The van der Waals surface area contributed by atoms with Crippen LogP contribution in [-0.2, 0) is 0 Å². The third-order valence-electron chi connectivity index (χ3n) is 6.08. The van der Waals surface area contributed by atoms with Crippen LogP contribution >= 0.6 is 0 Å². The van der Waals surface area contributed by atoms with Gasteiger partial charge < -0.3 is 0 Å². The molecule has 0 bridgehead atoms. The van der Waals surface area contributed by atoms with Gasteiger partial charge in [-0.1, -0.05) is 71.4 Å². The highest BCUT2D eigenvalue weighted by atomic mass is 28.3. The van der Waals surface area contributed by atoms with Gasteiger partial charge in [-0.15, -0.1) is 0 Å². The van der Waals surface area contributed by atoms with Crippen LogP contribution < -0.4 is 0 Å². The van der Waals surface area contributed by atoms with Crippen LogP contribution in [0, 0.1) is 11.5 Å². The Labute approximate surface area is 166 Å². The van der Waals surface area contributed by atoms with E-state index in [1.54, 1.807) is 0 Å². The molecule has 3 rings (SSSR count). The molecule has 0 fully saturated rings. The Morgan fingerprint density at radius 2 is 1.19 bits per heavy atom. The molecule has 0 spiro atoms. The number of hydrogen-bond donors (Lipinski definition) is 0. The van der Waals surface area contributed by atoms with E-state index in [4.69, 9.17) is 0 Å². The summed E-state index contributed by atoms with van der Waals surface area (Å²) in [5, 5.41) is 0. The lowest BCUT2D eigenvalue weighted by Crippen LogP contribution is -2.43. The second-order valence-corrected chi connectivity index (χ2v) is 14.1. The van der Waals surface area contributed by atoms with Gasteiger partial charge in [0.05, 0.1) is 11.1 Å². The smallest absolute Gasteiger partial charge is 0.0859 e. The third-order valence-corrected chi connectivity index (χ3v) is 12.4. The average Bonchev–Trinajstić information content (AvgIpc) is 3.37. The molecular formula is C26H31Si+. The molecule has 1 heteroatoms. The molecule has 0 heterocycles. The van der Waals surface area contributed by atoms with E-state index in [-0.39, 0.29) is 0 Å². The van der Waals surface area contributed by atoms with Crippen LogP contribution in [-0.4, -0.2) is 8.07 Å². The quantitative estimate of drug-likeness (QED) is 0.244. The van der Waals surface area contributed by atoms with Gasteiger partial charge >= 0.3 is 0 Å². The van der Waals surface area contributed by atoms with E-state index >= 15 is 0 Å². The molecule has 0 nitrogen and oxygen atoms in total. The second-order valence-electron chi connectivity index (χ2n) is 8.50. The van der Waals surface area contributed by atoms with Crippen molar-refractivity contribution in [3.63, 3.8) is 0 Å². The molecule has 138 valence electrons. The molecule has 0 N–H and O–H groups in total. The molecule has 27 heavy (non-hydrogen) atoms. The Morgan fingerprint density at radius 3 is 1.67 bits per heavy atom. The van der Waals surface area contributed by atoms with E-state index in [1.807, 2.05) is 0 Å². The van der Waals surface area contributed by atoms with Gasteiger partial charge in [0.25, 0.3) is 0 Å². The van der Waals surface area contributed by atoms with Crippen molar-refractivity contribution in [2.45, 2.75) is 58.2 Å². The fourth-order valence-corrected chi connectivity index (χ4v) is 9.91. The first-order valence-corrected chi connectivity index (χ1v) is 12.4. The SMILES string of the molecule is CC(C)[Si](C#Cc1c(-c2ccccc2)[c+]1-c1ccccc1)(C(C)C)C(C)C. The molecule has 0 saturated carbocycles. The van der Waals surface area contributed by atoms with Crippen LogP contribution in [0.1, 0.15) is 47.1 Å². The van der Waals surface area contributed by atoms with E-state index < -0.39 is 8.07 Å². The molecule has 0 amide bonds. The maximum absolute atomic E-state index is 3.90. The minimum atomic E-state index is -1.72.